The number of carbonyl (C=O) groups excluding carboxylic acids is 1. The Hall–Kier alpha value is -2.68. The van der Waals surface area contributed by atoms with Gasteiger partial charge in [-0.1, -0.05) is 11.6 Å². The van der Waals surface area contributed by atoms with Crippen molar-refractivity contribution in [1.29, 1.82) is 0 Å². The highest BCUT2D eigenvalue weighted by atomic mass is 35.5. The van der Waals surface area contributed by atoms with Crippen molar-refractivity contribution >= 4 is 34.8 Å². The molecule has 26 heavy (non-hydrogen) atoms. The van der Waals surface area contributed by atoms with Crippen LogP contribution < -0.4 is 10.2 Å². The zero-order valence-corrected chi connectivity index (χ0v) is 15.2. The number of carbonyl (C=O) groups is 1. The molecular formula is C16H19ClN6O3. The van der Waals surface area contributed by atoms with Gasteiger partial charge in [-0.15, -0.1) is 0 Å². The first-order valence-corrected chi connectivity index (χ1v) is 8.60. The molecule has 1 aliphatic rings. The summed E-state index contributed by atoms with van der Waals surface area (Å²) >= 11 is 5.78. The molecule has 9 nitrogen and oxygen atoms in total. The van der Waals surface area contributed by atoms with E-state index in [1.165, 1.54) is 10.9 Å². The molecular weight excluding hydrogens is 360 g/mol. The van der Waals surface area contributed by atoms with Gasteiger partial charge in [0.1, 0.15) is 11.5 Å². The maximum atomic E-state index is 12.4. The monoisotopic (exact) mass is 378 g/mol. The summed E-state index contributed by atoms with van der Waals surface area (Å²) in [6.45, 7) is 2.72. The molecule has 0 bridgehead atoms. The van der Waals surface area contributed by atoms with Crippen molar-refractivity contribution in [3.05, 3.63) is 39.2 Å². The van der Waals surface area contributed by atoms with Crippen LogP contribution in [-0.4, -0.2) is 38.7 Å². The van der Waals surface area contributed by atoms with Crippen LogP contribution in [0.25, 0.3) is 0 Å². The quantitative estimate of drug-likeness (QED) is 0.647. The third kappa shape index (κ3) is 3.62. The summed E-state index contributed by atoms with van der Waals surface area (Å²) in [6.07, 6.45) is 2.67. The molecule has 2 aromatic heterocycles. The van der Waals surface area contributed by atoms with Crippen LogP contribution in [0.1, 0.15) is 18.5 Å². The molecule has 3 rings (SSSR count). The predicted molar refractivity (Wildman–Crippen MR) is 97.4 cm³/mol. The number of nitrogens with one attached hydrogen (secondary N) is 1. The number of nitrogens with zero attached hydrogens (tertiary/aromatic N) is 5. The Labute approximate surface area is 155 Å². The Bertz CT molecular complexity index is 827. The van der Waals surface area contributed by atoms with Gasteiger partial charge in [-0.25, -0.2) is 9.67 Å². The summed E-state index contributed by atoms with van der Waals surface area (Å²) in [5.74, 6) is 0.678. The van der Waals surface area contributed by atoms with E-state index in [0.717, 1.165) is 0 Å². The minimum Gasteiger partial charge on any atom is -0.351 e. The van der Waals surface area contributed by atoms with Gasteiger partial charge in [0.2, 0.25) is 11.7 Å². The second-order valence-electron chi connectivity index (χ2n) is 6.25. The van der Waals surface area contributed by atoms with Gasteiger partial charge >= 0.3 is 5.69 Å². The van der Waals surface area contributed by atoms with Gasteiger partial charge in [-0.3, -0.25) is 14.9 Å². The van der Waals surface area contributed by atoms with Crippen molar-refractivity contribution in [2.24, 2.45) is 13.0 Å². The van der Waals surface area contributed by atoms with Crippen molar-refractivity contribution in [3.63, 3.8) is 0 Å². The Morgan fingerprint density at radius 2 is 2.08 bits per heavy atom. The van der Waals surface area contributed by atoms with Crippen LogP contribution in [0.2, 0.25) is 5.02 Å². The molecule has 2 aromatic rings. The summed E-state index contributed by atoms with van der Waals surface area (Å²) in [6, 6.07) is 3.31. The molecule has 0 saturated carbocycles. The molecule has 1 fully saturated rings. The number of anilines is 2. The van der Waals surface area contributed by atoms with E-state index < -0.39 is 4.92 Å². The Morgan fingerprint density at radius 1 is 1.38 bits per heavy atom. The van der Waals surface area contributed by atoms with Crippen LogP contribution in [0.3, 0.4) is 0 Å². The average molecular weight is 379 g/mol. The summed E-state index contributed by atoms with van der Waals surface area (Å²) in [7, 11) is 1.69. The third-order valence-corrected chi connectivity index (χ3v) is 4.71. The third-order valence-electron chi connectivity index (χ3n) is 4.49. The second kappa shape index (κ2) is 7.28. The normalized spacial score (nSPS) is 15.1. The largest absolute Gasteiger partial charge is 0.351 e. The first-order valence-electron chi connectivity index (χ1n) is 8.22. The van der Waals surface area contributed by atoms with E-state index in [1.807, 2.05) is 4.90 Å². The van der Waals surface area contributed by atoms with E-state index in [0.29, 0.717) is 48.3 Å². The maximum Gasteiger partial charge on any atom is 0.333 e. The molecule has 1 N–H and O–H groups in total. The minimum absolute atomic E-state index is 0.0285. The van der Waals surface area contributed by atoms with E-state index in [1.54, 1.807) is 26.1 Å². The second-order valence-corrected chi connectivity index (χ2v) is 6.69. The zero-order chi connectivity index (χ0) is 18.8. The van der Waals surface area contributed by atoms with E-state index >= 15 is 0 Å². The molecule has 0 spiro atoms. The number of halogens is 1. The van der Waals surface area contributed by atoms with Crippen LogP contribution in [0.4, 0.5) is 17.3 Å². The standard InChI is InChI=1S/C16H19ClN6O3/c1-10-14(23(25)26)16(21(2)20-10)22-7-5-11(6-8-22)15(24)19-13-4-3-12(17)9-18-13/h3-4,9,11H,5-8H2,1-2H3,(H,18,19,24). The SMILES string of the molecule is Cc1nn(C)c(N2CCC(C(=O)Nc3ccc(Cl)cn3)CC2)c1[N+](=O)[O-]. The topological polar surface area (TPSA) is 106 Å². The number of piperidine rings is 1. The van der Waals surface area contributed by atoms with Gasteiger partial charge in [0.15, 0.2) is 0 Å². The molecule has 3 heterocycles. The fourth-order valence-electron chi connectivity index (χ4n) is 3.23. The van der Waals surface area contributed by atoms with Gasteiger partial charge in [0.25, 0.3) is 0 Å². The summed E-state index contributed by atoms with van der Waals surface area (Å²) in [5, 5.41) is 18.8. The zero-order valence-electron chi connectivity index (χ0n) is 14.5. The summed E-state index contributed by atoms with van der Waals surface area (Å²) in [5.41, 5.74) is 0.418. The Kier molecular flexibility index (Phi) is 5.08. The number of aryl methyl sites for hydroxylation is 2. The van der Waals surface area contributed by atoms with Crippen LogP contribution >= 0.6 is 11.6 Å². The smallest absolute Gasteiger partial charge is 0.333 e. The molecule has 138 valence electrons. The van der Waals surface area contributed by atoms with Gasteiger partial charge in [-0.05, 0) is 31.9 Å². The van der Waals surface area contributed by atoms with Crippen LogP contribution in [0.5, 0.6) is 0 Å². The lowest BCUT2D eigenvalue weighted by Gasteiger charge is -2.32. The fraction of sp³-hybridized carbons (Fsp3) is 0.438. The molecule has 1 aliphatic heterocycles. The highest BCUT2D eigenvalue weighted by Crippen LogP contribution is 2.33. The molecule has 0 atom stereocenters. The van der Waals surface area contributed by atoms with Gasteiger partial charge in [0.05, 0.1) is 9.95 Å². The number of hydrogen-bond acceptors (Lipinski definition) is 6. The van der Waals surface area contributed by atoms with Crippen LogP contribution in [-0.2, 0) is 11.8 Å². The van der Waals surface area contributed by atoms with Crippen LogP contribution in [0.15, 0.2) is 18.3 Å². The highest BCUT2D eigenvalue weighted by molar-refractivity contribution is 6.30. The lowest BCUT2D eigenvalue weighted by Crippen LogP contribution is -2.39. The van der Waals surface area contributed by atoms with Crippen LogP contribution in [0, 0.1) is 23.0 Å². The van der Waals surface area contributed by atoms with E-state index in [-0.39, 0.29) is 17.5 Å². The first-order chi connectivity index (χ1) is 12.4. The average Bonchev–Trinajstić information content (AvgIpc) is 2.91. The van der Waals surface area contributed by atoms with Crippen molar-refractivity contribution in [2.45, 2.75) is 19.8 Å². The number of amides is 1. The van der Waals surface area contributed by atoms with Crippen molar-refractivity contribution in [2.75, 3.05) is 23.3 Å². The molecule has 0 aliphatic carbocycles. The van der Waals surface area contributed by atoms with Gasteiger partial charge in [-0.2, -0.15) is 5.10 Å². The minimum atomic E-state index is -0.400. The van der Waals surface area contributed by atoms with Gasteiger partial charge in [0, 0.05) is 32.3 Å². The Balaban J connectivity index is 1.65. The fourth-order valence-corrected chi connectivity index (χ4v) is 3.35. The molecule has 0 aromatic carbocycles. The maximum absolute atomic E-state index is 12.4. The molecule has 1 saturated heterocycles. The number of hydrogen-bond donors (Lipinski definition) is 1. The molecule has 1 amide bonds. The highest BCUT2D eigenvalue weighted by Gasteiger charge is 2.32. The summed E-state index contributed by atoms with van der Waals surface area (Å²) < 4.78 is 1.53. The number of aromatic nitrogens is 3. The van der Waals surface area contributed by atoms with E-state index in [9.17, 15) is 14.9 Å². The molecule has 0 radical (unpaired) electrons. The molecule has 10 heteroatoms. The first kappa shape index (κ1) is 18.1. The van der Waals surface area contributed by atoms with Crippen molar-refractivity contribution in [3.8, 4) is 0 Å². The Morgan fingerprint density at radius 3 is 2.65 bits per heavy atom. The molecule has 0 unspecified atom stereocenters. The van der Waals surface area contributed by atoms with Crippen molar-refractivity contribution in [1.82, 2.24) is 14.8 Å². The number of nitro groups is 1. The number of pyridine rings is 1. The van der Waals surface area contributed by atoms with Crippen molar-refractivity contribution < 1.29 is 9.72 Å². The predicted octanol–water partition coefficient (Wildman–Crippen LogP) is 2.54. The lowest BCUT2D eigenvalue weighted by molar-refractivity contribution is -0.384. The number of rotatable bonds is 4. The van der Waals surface area contributed by atoms with Gasteiger partial charge < -0.3 is 10.2 Å². The van der Waals surface area contributed by atoms with E-state index in [4.69, 9.17) is 11.6 Å². The lowest BCUT2D eigenvalue weighted by atomic mass is 9.96. The van der Waals surface area contributed by atoms with E-state index in [2.05, 4.69) is 15.4 Å². The summed E-state index contributed by atoms with van der Waals surface area (Å²) in [4.78, 5) is 29.3.